The first-order valence-electron chi connectivity index (χ1n) is 5.41. The van der Waals surface area contributed by atoms with E-state index in [1.165, 1.54) is 11.8 Å². The molecule has 0 aliphatic carbocycles. The molecule has 0 radical (unpaired) electrons. The summed E-state index contributed by atoms with van der Waals surface area (Å²) in [6.07, 6.45) is 1.93. The summed E-state index contributed by atoms with van der Waals surface area (Å²) in [4.78, 5) is 9.20. The van der Waals surface area contributed by atoms with Crippen molar-refractivity contribution in [2.45, 2.75) is 6.92 Å². The van der Waals surface area contributed by atoms with Gasteiger partial charge in [0.25, 0.3) is 0 Å². The highest BCUT2D eigenvalue weighted by molar-refractivity contribution is 8.22. The van der Waals surface area contributed by atoms with Gasteiger partial charge in [-0.3, -0.25) is 0 Å². The molecule has 1 aromatic carbocycles. The van der Waals surface area contributed by atoms with Crippen LogP contribution < -0.4 is 0 Å². The normalized spacial score (nSPS) is 11.2. The number of thioether (sulfide) groups is 1. The van der Waals surface area contributed by atoms with Gasteiger partial charge in [-0.05, 0) is 25.3 Å². The van der Waals surface area contributed by atoms with Crippen molar-refractivity contribution in [3.05, 3.63) is 30.0 Å². The molecular formula is C12H10N4S2. The third kappa shape index (κ3) is 1.69. The van der Waals surface area contributed by atoms with Gasteiger partial charge in [0.2, 0.25) is 0 Å². The minimum atomic E-state index is 0.678. The lowest BCUT2D eigenvalue weighted by Crippen LogP contribution is -2.07. The Morgan fingerprint density at radius 1 is 1.22 bits per heavy atom. The van der Waals surface area contributed by atoms with Gasteiger partial charge in [0.15, 0.2) is 9.97 Å². The zero-order chi connectivity index (χ0) is 12.7. The Labute approximate surface area is 113 Å². The van der Waals surface area contributed by atoms with Gasteiger partial charge in [0.05, 0.1) is 16.7 Å². The van der Waals surface area contributed by atoms with Crippen LogP contribution in [-0.4, -0.2) is 30.3 Å². The van der Waals surface area contributed by atoms with E-state index in [4.69, 9.17) is 12.2 Å². The van der Waals surface area contributed by atoms with Gasteiger partial charge in [0, 0.05) is 0 Å². The summed E-state index contributed by atoms with van der Waals surface area (Å²) in [5, 5.41) is 4.41. The van der Waals surface area contributed by atoms with Gasteiger partial charge in [-0.2, -0.15) is 9.78 Å². The van der Waals surface area contributed by atoms with E-state index in [1.54, 1.807) is 4.68 Å². The largest absolute Gasteiger partial charge is 0.241 e. The molecule has 0 bridgehead atoms. The third-order valence-electron chi connectivity index (χ3n) is 2.69. The van der Waals surface area contributed by atoms with E-state index in [2.05, 4.69) is 15.1 Å². The predicted molar refractivity (Wildman–Crippen MR) is 79.1 cm³/mol. The molecule has 0 aliphatic rings. The smallest absolute Gasteiger partial charge is 0.184 e. The molecule has 0 saturated heterocycles. The van der Waals surface area contributed by atoms with E-state index in [-0.39, 0.29) is 0 Å². The van der Waals surface area contributed by atoms with E-state index in [1.807, 2.05) is 37.4 Å². The maximum Gasteiger partial charge on any atom is 0.184 e. The molecule has 6 heteroatoms. The summed E-state index contributed by atoms with van der Waals surface area (Å²) in [6, 6.07) is 7.79. The van der Waals surface area contributed by atoms with E-state index < -0.39 is 0 Å². The molecule has 0 fully saturated rings. The maximum absolute atomic E-state index is 5.28. The second kappa shape index (κ2) is 4.29. The summed E-state index contributed by atoms with van der Waals surface area (Å²) in [5.74, 6) is 0. The molecule has 0 aliphatic heterocycles. The molecule has 90 valence electrons. The zero-order valence-corrected chi connectivity index (χ0v) is 11.5. The van der Waals surface area contributed by atoms with Crippen LogP contribution >= 0.6 is 24.0 Å². The highest BCUT2D eigenvalue weighted by Crippen LogP contribution is 2.20. The van der Waals surface area contributed by atoms with Gasteiger partial charge in [-0.25, -0.2) is 9.97 Å². The average Bonchev–Trinajstić information content (AvgIpc) is 2.72. The summed E-state index contributed by atoms with van der Waals surface area (Å²) < 4.78 is 2.36. The SMILES string of the molecule is CSC(=S)n1nc(C)c2nc3ccccc3nc21. The summed E-state index contributed by atoms with van der Waals surface area (Å²) in [7, 11) is 0. The number of para-hydroxylation sites is 2. The molecule has 0 atom stereocenters. The van der Waals surface area contributed by atoms with Gasteiger partial charge in [0.1, 0.15) is 5.52 Å². The Morgan fingerprint density at radius 2 is 1.89 bits per heavy atom. The molecule has 3 rings (SSSR count). The lowest BCUT2D eigenvalue weighted by Gasteiger charge is -2.01. The van der Waals surface area contributed by atoms with Crippen LogP contribution in [0, 0.1) is 6.92 Å². The van der Waals surface area contributed by atoms with Crippen LogP contribution in [-0.2, 0) is 0 Å². The van der Waals surface area contributed by atoms with Crippen molar-refractivity contribution in [2.24, 2.45) is 0 Å². The first-order valence-corrected chi connectivity index (χ1v) is 7.04. The molecule has 0 saturated carbocycles. The maximum atomic E-state index is 5.28. The first-order chi connectivity index (χ1) is 8.70. The lowest BCUT2D eigenvalue weighted by atomic mass is 10.3. The van der Waals surface area contributed by atoms with Gasteiger partial charge in [-0.15, -0.1) is 0 Å². The van der Waals surface area contributed by atoms with Crippen molar-refractivity contribution >= 4 is 50.5 Å². The lowest BCUT2D eigenvalue weighted by molar-refractivity contribution is 0.953. The van der Waals surface area contributed by atoms with Crippen LogP contribution in [0.4, 0.5) is 0 Å². The average molecular weight is 274 g/mol. The van der Waals surface area contributed by atoms with Crippen LogP contribution in [0.3, 0.4) is 0 Å². The standard InChI is InChI=1S/C12H10N4S2/c1-7-10-11(16(15-7)12(17)18-2)14-9-6-4-3-5-8(9)13-10/h3-6H,1-2H3. The molecule has 3 aromatic rings. The van der Waals surface area contributed by atoms with Crippen LogP contribution in [0.15, 0.2) is 24.3 Å². The monoisotopic (exact) mass is 274 g/mol. The van der Waals surface area contributed by atoms with Gasteiger partial charge < -0.3 is 0 Å². The van der Waals surface area contributed by atoms with Crippen molar-refractivity contribution in [2.75, 3.05) is 6.26 Å². The Bertz CT molecular complexity index is 763. The second-order valence-corrected chi connectivity index (χ2v) is 5.29. The van der Waals surface area contributed by atoms with E-state index in [0.717, 1.165) is 27.9 Å². The molecule has 18 heavy (non-hydrogen) atoms. The summed E-state index contributed by atoms with van der Waals surface area (Å²) in [5.41, 5.74) is 4.12. The highest BCUT2D eigenvalue weighted by atomic mass is 32.2. The minimum Gasteiger partial charge on any atom is -0.241 e. The Balaban J connectivity index is 2.41. The van der Waals surface area contributed by atoms with Crippen LogP contribution in [0.25, 0.3) is 22.2 Å². The minimum absolute atomic E-state index is 0.678. The van der Waals surface area contributed by atoms with E-state index in [9.17, 15) is 0 Å². The van der Waals surface area contributed by atoms with E-state index >= 15 is 0 Å². The fourth-order valence-corrected chi connectivity index (χ4v) is 2.27. The third-order valence-corrected chi connectivity index (χ3v) is 3.89. The molecule has 2 aromatic heterocycles. The second-order valence-electron chi connectivity index (χ2n) is 3.85. The van der Waals surface area contributed by atoms with Gasteiger partial charge in [-0.1, -0.05) is 36.1 Å². The van der Waals surface area contributed by atoms with Crippen molar-refractivity contribution < 1.29 is 0 Å². The molecule has 4 nitrogen and oxygen atoms in total. The van der Waals surface area contributed by atoms with Crippen molar-refractivity contribution in [3.8, 4) is 0 Å². The van der Waals surface area contributed by atoms with Crippen molar-refractivity contribution in [1.82, 2.24) is 19.7 Å². The van der Waals surface area contributed by atoms with Crippen molar-refractivity contribution in [1.29, 1.82) is 0 Å². The quantitative estimate of drug-likeness (QED) is 0.590. The van der Waals surface area contributed by atoms with E-state index in [0.29, 0.717) is 4.32 Å². The molecule has 2 heterocycles. The van der Waals surface area contributed by atoms with Gasteiger partial charge >= 0.3 is 0 Å². The molecule has 0 unspecified atom stereocenters. The number of rotatable bonds is 0. The summed E-state index contributed by atoms with van der Waals surface area (Å²) >= 11 is 6.76. The number of aryl methyl sites for hydroxylation is 1. The highest BCUT2D eigenvalue weighted by Gasteiger charge is 2.13. The number of thiocarbonyl (C=S) groups is 1. The molecule has 0 amide bonds. The Kier molecular flexibility index (Phi) is 2.76. The fraction of sp³-hybridized carbons (Fsp3) is 0.167. The first kappa shape index (κ1) is 11.6. The Hall–Kier alpha value is -1.53. The number of hydrogen-bond acceptors (Lipinski definition) is 5. The molecular weight excluding hydrogens is 264 g/mol. The number of aromatic nitrogens is 4. The van der Waals surface area contributed by atoms with Crippen molar-refractivity contribution in [3.63, 3.8) is 0 Å². The van der Waals surface area contributed by atoms with Crippen LogP contribution in [0.5, 0.6) is 0 Å². The van der Waals surface area contributed by atoms with Crippen LogP contribution in [0.2, 0.25) is 0 Å². The number of nitrogens with zero attached hydrogens (tertiary/aromatic N) is 4. The summed E-state index contributed by atoms with van der Waals surface area (Å²) in [6.45, 7) is 1.92. The number of benzene rings is 1. The number of fused-ring (bicyclic) bond motifs is 2. The topological polar surface area (TPSA) is 43.6 Å². The zero-order valence-electron chi connectivity index (χ0n) is 9.91. The fourth-order valence-electron chi connectivity index (χ4n) is 1.84. The predicted octanol–water partition coefficient (Wildman–Crippen LogP) is 2.78. The molecule has 0 spiro atoms. The molecule has 0 N–H and O–H groups in total. The Morgan fingerprint density at radius 3 is 2.56 bits per heavy atom. The van der Waals surface area contributed by atoms with Crippen LogP contribution in [0.1, 0.15) is 5.69 Å². The number of hydrogen-bond donors (Lipinski definition) is 0.